The molecule has 1 rings (SSSR count). The molecule has 0 N–H and O–H groups in total. The highest BCUT2D eigenvalue weighted by molar-refractivity contribution is 5.76. The summed E-state index contributed by atoms with van der Waals surface area (Å²) in [5.41, 5.74) is 0. The highest BCUT2D eigenvalue weighted by atomic mass is 16.5. The van der Waals surface area contributed by atoms with Crippen LogP contribution in [-0.4, -0.2) is 49.3 Å². The number of nitrogens with zero attached hydrogens (tertiary/aromatic N) is 1. The molecule has 1 heterocycles. The summed E-state index contributed by atoms with van der Waals surface area (Å²) in [7, 11) is 1.45. The van der Waals surface area contributed by atoms with Crippen LogP contribution in [0.1, 0.15) is 27.7 Å². The molecule has 4 heteroatoms. The summed E-state index contributed by atoms with van der Waals surface area (Å²) >= 11 is 0. The Hall–Kier alpha value is -0.610. The van der Waals surface area contributed by atoms with Crippen molar-refractivity contribution in [1.82, 2.24) is 4.90 Å². The molecular formula is C12H23NO3. The predicted molar refractivity (Wildman–Crippen MR) is 62.2 cm³/mol. The van der Waals surface area contributed by atoms with Crippen molar-refractivity contribution in [1.29, 1.82) is 0 Å². The molecule has 0 amide bonds. The number of hydrogen-bond acceptors (Lipinski definition) is 4. The van der Waals surface area contributed by atoms with E-state index in [1.54, 1.807) is 0 Å². The number of esters is 1. The van der Waals surface area contributed by atoms with Crippen LogP contribution in [0.2, 0.25) is 0 Å². The molecule has 0 spiro atoms. The quantitative estimate of drug-likeness (QED) is 0.684. The van der Waals surface area contributed by atoms with E-state index >= 15 is 0 Å². The molecule has 0 bridgehead atoms. The first kappa shape index (κ1) is 13.5. The maximum atomic E-state index is 11.8. The number of rotatable bonds is 3. The Balaban J connectivity index is 2.74. The highest BCUT2D eigenvalue weighted by Gasteiger charge is 2.34. The number of carbonyl (C=O) groups excluding carboxylic acids is 1. The van der Waals surface area contributed by atoms with Gasteiger partial charge in [-0.15, -0.1) is 0 Å². The zero-order valence-corrected chi connectivity index (χ0v) is 10.9. The SMILES string of the molecule is COC(=O)[C@H](C(C)C)N1C[C@@H](C)O[C@H](C)C1. The Morgan fingerprint density at radius 3 is 2.19 bits per heavy atom. The van der Waals surface area contributed by atoms with Crippen LogP contribution in [0.5, 0.6) is 0 Å². The minimum Gasteiger partial charge on any atom is -0.468 e. The van der Waals surface area contributed by atoms with Gasteiger partial charge in [-0.2, -0.15) is 0 Å². The van der Waals surface area contributed by atoms with Gasteiger partial charge in [-0.1, -0.05) is 13.8 Å². The maximum absolute atomic E-state index is 11.8. The van der Waals surface area contributed by atoms with Crippen LogP contribution in [-0.2, 0) is 14.3 Å². The van der Waals surface area contributed by atoms with Gasteiger partial charge in [-0.05, 0) is 19.8 Å². The molecule has 1 aliphatic heterocycles. The van der Waals surface area contributed by atoms with Crippen LogP contribution >= 0.6 is 0 Å². The van der Waals surface area contributed by atoms with Crippen molar-refractivity contribution >= 4 is 5.97 Å². The molecule has 1 saturated heterocycles. The third-order valence-electron chi connectivity index (χ3n) is 2.92. The van der Waals surface area contributed by atoms with Gasteiger partial charge in [0.1, 0.15) is 6.04 Å². The maximum Gasteiger partial charge on any atom is 0.323 e. The lowest BCUT2D eigenvalue weighted by Gasteiger charge is -2.40. The average Bonchev–Trinajstić information content (AvgIpc) is 2.15. The summed E-state index contributed by atoms with van der Waals surface area (Å²) in [4.78, 5) is 13.9. The molecule has 0 radical (unpaired) electrons. The van der Waals surface area contributed by atoms with E-state index in [4.69, 9.17) is 9.47 Å². The topological polar surface area (TPSA) is 38.8 Å². The molecule has 4 nitrogen and oxygen atoms in total. The molecule has 0 saturated carbocycles. The summed E-state index contributed by atoms with van der Waals surface area (Å²) in [6.45, 7) is 9.76. The van der Waals surface area contributed by atoms with E-state index in [9.17, 15) is 4.79 Å². The monoisotopic (exact) mass is 229 g/mol. The summed E-state index contributed by atoms with van der Waals surface area (Å²) in [5, 5.41) is 0. The minimum absolute atomic E-state index is 0.142. The Morgan fingerprint density at radius 1 is 1.31 bits per heavy atom. The van der Waals surface area contributed by atoms with Crippen LogP contribution in [0.3, 0.4) is 0 Å². The van der Waals surface area contributed by atoms with Crippen LogP contribution in [0.4, 0.5) is 0 Å². The van der Waals surface area contributed by atoms with E-state index in [1.807, 2.05) is 27.7 Å². The lowest BCUT2D eigenvalue weighted by Crippen LogP contribution is -2.54. The third-order valence-corrected chi connectivity index (χ3v) is 2.92. The van der Waals surface area contributed by atoms with Gasteiger partial charge in [0.2, 0.25) is 0 Å². The zero-order chi connectivity index (χ0) is 12.3. The molecule has 0 aromatic carbocycles. The van der Waals surface area contributed by atoms with E-state index in [0.717, 1.165) is 13.1 Å². The van der Waals surface area contributed by atoms with Crippen LogP contribution in [0.25, 0.3) is 0 Å². The summed E-state index contributed by atoms with van der Waals surface area (Å²) in [6.07, 6.45) is 0.351. The van der Waals surface area contributed by atoms with E-state index in [2.05, 4.69) is 4.90 Å². The highest BCUT2D eigenvalue weighted by Crippen LogP contribution is 2.19. The van der Waals surface area contributed by atoms with E-state index in [1.165, 1.54) is 7.11 Å². The smallest absolute Gasteiger partial charge is 0.323 e. The van der Waals surface area contributed by atoms with Gasteiger partial charge in [-0.3, -0.25) is 9.69 Å². The molecule has 0 aromatic heterocycles. The van der Waals surface area contributed by atoms with Crippen LogP contribution in [0.15, 0.2) is 0 Å². The molecular weight excluding hydrogens is 206 g/mol. The fourth-order valence-electron chi connectivity index (χ4n) is 2.41. The van der Waals surface area contributed by atoms with Gasteiger partial charge >= 0.3 is 5.97 Å². The molecule has 0 aliphatic carbocycles. The fourth-order valence-corrected chi connectivity index (χ4v) is 2.41. The van der Waals surface area contributed by atoms with Crippen molar-refractivity contribution in [3.8, 4) is 0 Å². The minimum atomic E-state index is -0.154. The van der Waals surface area contributed by atoms with E-state index in [0.29, 0.717) is 0 Å². The normalized spacial score (nSPS) is 29.1. The molecule has 0 aromatic rings. The Labute approximate surface area is 97.9 Å². The third kappa shape index (κ3) is 3.19. The van der Waals surface area contributed by atoms with Crippen molar-refractivity contribution in [3.63, 3.8) is 0 Å². The number of methoxy groups -OCH3 is 1. The number of ether oxygens (including phenoxy) is 2. The predicted octanol–water partition coefficient (Wildman–Crippen LogP) is 1.29. The second-order valence-corrected chi connectivity index (χ2v) is 4.92. The van der Waals surface area contributed by atoms with Gasteiger partial charge in [-0.25, -0.2) is 0 Å². The first-order chi connectivity index (χ1) is 7.45. The Kier molecular flexibility index (Phi) is 4.74. The second kappa shape index (κ2) is 5.64. The largest absolute Gasteiger partial charge is 0.468 e. The van der Waals surface area contributed by atoms with Gasteiger partial charge in [0.15, 0.2) is 0 Å². The molecule has 16 heavy (non-hydrogen) atoms. The van der Waals surface area contributed by atoms with Crippen molar-refractivity contribution in [2.24, 2.45) is 5.92 Å². The van der Waals surface area contributed by atoms with Gasteiger partial charge in [0.05, 0.1) is 19.3 Å². The van der Waals surface area contributed by atoms with Crippen LogP contribution in [0, 0.1) is 5.92 Å². The summed E-state index contributed by atoms with van der Waals surface area (Å²) in [5.74, 6) is 0.112. The first-order valence-corrected chi connectivity index (χ1v) is 5.93. The molecule has 1 fully saturated rings. The Morgan fingerprint density at radius 2 is 1.81 bits per heavy atom. The first-order valence-electron chi connectivity index (χ1n) is 5.93. The van der Waals surface area contributed by atoms with Gasteiger partial charge in [0, 0.05) is 13.1 Å². The van der Waals surface area contributed by atoms with Crippen molar-refractivity contribution in [2.75, 3.05) is 20.2 Å². The molecule has 3 atom stereocenters. The number of hydrogen-bond donors (Lipinski definition) is 0. The second-order valence-electron chi connectivity index (χ2n) is 4.92. The molecule has 0 unspecified atom stereocenters. The van der Waals surface area contributed by atoms with Crippen LogP contribution < -0.4 is 0 Å². The Bertz CT molecular complexity index is 232. The number of carbonyl (C=O) groups is 1. The van der Waals surface area contributed by atoms with Gasteiger partial charge in [0.25, 0.3) is 0 Å². The zero-order valence-electron chi connectivity index (χ0n) is 10.9. The van der Waals surface area contributed by atoms with E-state index < -0.39 is 0 Å². The lowest BCUT2D eigenvalue weighted by molar-refractivity contribution is -0.155. The summed E-state index contributed by atoms with van der Waals surface area (Å²) < 4.78 is 10.5. The van der Waals surface area contributed by atoms with E-state index in [-0.39, 0.29) is 30.1 Å². The standard InChI is InChI=1S/C12H23NO3/c1-8(2)11(12(14)15-5)13-6-9(3)16-10(4)7-13/h8-11H,6-7H2,1-5H3/t9-,10-,11+/m1/s1. The van der Waals surface area contributed by atoms with Crippen molar-refractivity contribution in [3.05, 3.63) is 0 Å². The molecule has 1 aliphatic rings. The lowest BCUT2D eigenvalue weighted by atomic mass is 10.0. The summed E-state index contributed by atoms with van der Waals surface area (Å²) in [6, 6.07) is -0.154. The van der Waals surface area contributed by atoms with Crippen molar-refractivity contribution in [2.45, 2.75) is 45.9 Å². The average molecular weight is 229 g/mol. The molecule has 94 valence electrons. The fraction of sp³-hybridized carbons (Fsp3) is 0.917. The van der Waals surface area contributed by atoms with Crippen molar-refractivity contribution < 1.29 is 14.3 Å². The number of morpholine rings is 1. The van der Waals surface area contributed by atoms with Gasteiger partial charge < -0.3 is 9.47 Å².